The molecule has 2 aromatic rings. The van der Waals surface area contributed by atoms with Gasteiger partial charge in [-0.15, -0.1) is 11.3 Å². The first-order valence-corrected chi connectivity index (χ1v) is 8.38. The summed E-state index contributed by atoms with van der Waals surface area (Å²) in [6.45, 7) is 0.152. The maximum Gasteiger partial charge on any atom is 0.243 e. The van der Waals surface area contributed by atoms with Crippen molar-refractivity contribution in [2.24, 2.45) is 0 Å². The van der Waals surface area contributed by atoms with Gasteiger partial charge in [-0.25, -0.2) is 12.8 Å². The number of hydrogen-bond acceptors (Lipinski definition) is 4. The van der Waals surface area contributed by atoms with Gasteiger partial charge in [0, 0.05) is 18.5 Å². The second-order valence-electron chi connectivity index (χ2n) is 4.22. The van der Waals surface area contributed by atoms with Crippen LogP contribution in [0.1, 0.15) is 10.4 Å². The van der Waals surface area contributed by atoms with E-state index in [-0.39, 0.29) is 17.0 Å². The first-order valence-electron chi connectivity index (χ1n) is 5.75. The van der Waals surface area contributed by atoms with Gasteiger partial charge in [-0.3, -0.25) is 0 Å². The van der Waals surface area contributed by atoms with Crippen LogP contribution in [0.25, 0.3) is 0 Å². The molecule has 0 saturated heterocycles. The quantitative estimate of drug-likeness (QED) is 0.855. The lowest BCUT2D eigenvalue weighted by molar-refractivity contribution is 0.469. The first kappa shape index (κ1) is 15.9. The molecular formula is C13H10ClFN2O2S2. The van der Waals surface area contributed by atoms with Crippen molar-refractivity contribution >= 4 is 33.0 Å². The monoisotopic (exact) mass is 344 g/mol. The van der Waals surface area contributed by atoms with Crippen LogP contribution >= 0.6 is 22.9 Å². The van der Waals surface area contributed by atoms with Crippen LogP contribution in [-0.2, 0) is 16.6 Å². The Morgan fingerprint density at radius 3 is 2.67 bits per heavy atom. The van der Waals surface area contributed by atoms with E-state index in [1.807, 2.05) is 0 Å². The Balaban J connectivity index is 2.31. The highest BCUT2D eigenvalue weighted by molar-refractivity contribution is 7.89. The Kier molecular flexibility index (Phi) is 4.64. The minimum Gasteiger partial charge on any atom is -0.207 e. The number of hydrogen-bond donors (Lipinski definition) is 0. The maximum absolute atomic E-state index is 13.3. The molecule has 0 N–H and O–H groups in total. The molecule has 0 bridgehead atoms. The molecular weight excluding hydrogens is 335 g/mol. The molecule has 8 heteroatoms. The number of nitriles is 1. The van der Waals surface area contributed by atoms with Gasteiger partial charge >= 0.3 is 0 Å². The lowest BCUT2D eigenvalue weighted by atomic mass is 10.2. The molecule has 0 atom stereocenters. The molecule has 1 heterocycles. The van der Waals surface area contributed by atoms with Crippen molar-refractivity contribution < 1.29 is 12.8 Å². The van der Waals surface area contributed by atoms with E-state index in [9.17, 15) is 12.8 Å². The Morgan fingerprint density at radius 1 is 1.38 bits per heavy atom. The highest BCUT2D eigenvalue weighted by atomic mass is 35.5. The number of thiophene rings is 1. The molecule has 1 aromatic heterocycles. The Labute approximate surface area is 131 Å². The van der Waals surface area contributed by atoms with Crippen molar-refractivity contribution in [2.75, 3.05) is 7.05 Å². The lowest BCUT2D eigenvalue weighted by Gasteiger charge is -2.16. The number of rotatable bonds is 4. The minimum absolute atomic E-state index is 0.120. The molecule has 21 heavy (non-hydrogen) atoms. The molecule has 0 saturated carbocycles. The van der Waals surface area contributed by atoms with E-state index in [2.05, 4.69) is 0 Å². The van der Waals surface area contributed by atoms with Gasteiger partial charge in [0.05, 0.1) is 14.8 Å². The number of halogens is 2. The summed E-state index contributed by atoms with van der Waals surface area (Å²) < 4.78 is 39.7. The fraction of sp³-hybridized carbons (Fsp3) is 0.154. The van der Waals surface area contributed by atoms with E-state index in [0.717, 1.165) is 27.4 Å². The normalized spacial score (nSPS) is 11.6. The van der Waals surface area contributed by atoms with Gasteiger partial charge in [0.25, 0.3) is 0 Å². The summed E-state index contributed by atoms with van der Waals surface area (Å²) in [5, 5.41) is 8.77. The molecule has 2 rings (SSSR count). The predicted molar refractivity (Wildman–Crippen MR) is 79.1 cm³/mol. The second kappa shape index (κ2) is 6.12. The smallest absolute Gasteiger partial charge is 0.207 e. The number of benzene rings is 1. The first-order chi connectivity index (χ1) is 9.84. The summed E-state index contributed by atoms with van der Waals surface area (Å²) in [5.41, 5.74) is -0.302. The molecule has 0 aliphatic carbocycles. The topological polar surface area (TPSA) is 61.2 Å². The zero-order valence-corrected chi connectivity index (χ0v) is 13.3. The fourth-order valence-corrected chi connectivity index (χ4v) is 4.07. The third kappa shape index (κ3) is 3.41. The molecule has 0 aliphatic rings. The highest BCUT2D eigenvalue weighted by Gasteiger charge is 2.22. The van der Waals surface area contributed by atoms with Crippen LogP contribution in [0.4, 0.5) is 4.39 Å². The van der Waals surface area contributed by atoms with E-state index in [0.29, 0.717) is 4.34 Å². The average molecular weight is 345 g/mol. The predicted octanol–water partition coefficient (Wildman–Crippen LogP) is 3.23. The standard InChI is InChI=1S/C13H10ClFN2O2S2/c1-17(8-10-2-5-13(14)20-10)21(18,19)11-3-4-12(15)9(6-11)7-16/h2-6H,8H2,1H3. The van der Waals surface area contributed by atoms with Crippen molar-refractivity contribution in [3.63, 3.8) is 0 Å². The summed E-state index contributed by atoms with van der Waals surface area (Å²) in [6, 6.07) is 8.20. The van der Waals surface area contributed by atoms with Crippen molar-refractivity contribution in [3.05, 3.63) is 50.9 Å². The molecule has 110 valence electrons. The van der Waals surface area contributed by atoms with Gasteiger partial charge in [0.15, 0.2) is 0 Å². The third-order valence-electron chi connectivity index (χ3n) is 2.77. The second-order valence-corrected chi connectivity index (χ2v) is 8.06. The van der Waals surface area contributed by atoms with Crippen LogP contribution in [0.3, 0.4) is 0 Å². The summed E-state index contributed by atoms with van der Waals surface area (Å²) in [5.74, 6) is -0.746. The molecule has 0 spiro atoms. The SMILES string of the molecule is CN(Cc1ccc(Cl)s1)S(=O)(=O)c1ccc(F)c(C#N)c1. The molecule has 4 nitrogen and oxygen atoms in total. The molecule has 0 radical (unpaired) electrons. The third-order valence-corrected chi connectivity index (χ3v) is 5.79. The van der Waals surface area contributed by atoms with Crippen LogP contribution < -0.4 is 0 Å². The van der Waals surface area contributed by atoms with Crippen molar-refractivity contribution in [2.45, 2.75) is 11.4 Å². The van der Waals surface area contributed by atoms with Crippen LogP contribution in [0, 0.1) is 17.1 Å². The van der Waals surface area contributed by atoms with Gasteiger partial charge in [0.2, 0.25) is 10.0 Å². The minimum atomic E-state index is -3.80. The van der Waals surface area contributed by atoms with E-state index in [1.165, 1.54) is 18.4 Å². The van der Waals surface area contributed by atoms with Crippen molar-refractivity contribution in [1.29, 1.82) is 5.26 Å². The molecule has 1 aromatic carbocycles. The van der Waals surface area contributed by atoms with Gasteiger partial charge < -0.3 is 0 Å². The number of sulfonamides is 1. The maximum atomic E-state index is 13.3. The molecule has 0 amide bonds. The summed E-state index contributed by atoms with van der Waals surface area (Å²) in [4.78, 5) is 0.666. The van der Waals surface area contributed by atoms with E-state index >= 15 is 0 Å². The van der Waals surface area contributed by atoms with Gasteiger partial charge in [-0.05, 0) is 30.3 Å². The largest absolute Gasteiger partial charge is 0.243 e. The number of nitrogens with zero attached hydrogens (tertiary/aromatic N) is 2. The fourth-order valence-electron chi connectivity index (χ4n) is 1.67. The summed E-state index contributed by atoms with van der Waals surface area (Å²) in [6.07, 6.45) is 0. The van der Waals surface area contributed by atoms with E-state index in [4.69, 9.17) is 16.9 Å². The zero-order chi connectivity index (χ0) is 15.6. The Bertz CT molecular complexity index is 812. The average Bonchev–Trinajstić information content (AvgIpc) is 2.84. The summed E-state index contributed by atoms with van der Waals surface area (Å²) >= 11 is 7.09. The molecule has 0 unspecified atom stereocenters. The Morgan fingerprint density at radius 2 is 2.10 bits per heavy atom. The highest BCUT2D eigenvalue weighted by Crippen LogP contribution is 2.25. The van der Waals surface area contributed by atoms with Crippen molar-refractivity contribution in [3.8, 4) is 6.07 Å². The zero-order valence-electron chi connectivity index (χ0n) is 10.9. The van der Waals surface area contributed by atoms with Crippen LogP contribution in [-0.4, -0.2) is 19.8 Å². The van der Waals surface area contributed by atoms with Crippen LogP contribution in [0.5, 0.6) is 0 Å². The Hall–Kier alpha value is -1.46. The van der Waals surface area contributed by atoms with Gasteiger partial charge in [-0.1, -0.05) is 11.6 Å². The van der Waals surface area contributed by atoms with Crippen LogP contribution in [0.2, 0.25) is 4.34 Å². The van der Waals surface area contributed by atoms with Gasteiger partial charge in [0.1, 0.15) is 11.9 Å². The molecule has 0 fully saturated rings. The molecule has 0 aliphatic heterocycles. The van der Waals surface area contributed by atoms with Crippen molar-refractivity contribution in [1.82, 2.24) is 4.31 Å². The van der Waals surface area contributed by atoms with Gasteiger partial charge in [-0.2, -0.15) is 9.57 Å². The van der Waals surface area contributed by atoms with E-state index in [1.54, 1.807) is 18.2 Å². The lowest BCUT2D eigenvalue weighted by Crippen LogP contribution is -2.26. The van der Waals surface area contributed by atoms with E-state index < -0.39 is 15.8 Å². The summed E-state index contributed by atoms with van der Waals surface area (Å²) in [7, 11) is -2.38. The van der Waals surface area contributed by atoms with Crippen LogP contribution in [0.15, 0.2) is 35.2 Å².